The summed E-state index contributed by atoms with van der Waals surface area (Å²) in [7, 11) is 0. The summed E-state index contributed by atoms with van der Waals surface area (Å²) >= 11 is 0. The molecule has 2 heterocycles. The summed E-state index contributed by atoms with van der Waals surface area (Å²) in [5.41, 5.74) is 0.929. The monoisotopic (exact) mass is 359 g/mol. The number of rotatable bonds is 3. The molecule has 1 aromatic rings. The molecule has 0 radical (unpaired) electrons. The van der Waals surface area contributed by atoms with Crippen molar-refractivity contribution in [2.24, 2.45) is 5.92 Å². The van der Waals surface area contributed by atoms with Crippen LogP contribution in [0.5, 0.6) is 0 Å². The van der Waals surface area contributed by atoms with E-state index in [1.54, 1.807) is 0 Å². The van der Waals surface area contributed by atoms with E-state index in [1.165, 1.54) is 18.5 Å². The number of piperazine rings is 1. The van der Waals surface area contributed by atoms with Crippen molar-refractivity contribution in [1.82, 2.24) is 9.80 Å². The summed E-state index contributed by atoms with van der Waals surface area (Å²) < 4.78 is 5.48. The van der Waals surface area contributed by atoms with Gasteiger partial charge in [-0.05, 0) is 51.7 Å². The molecule has 0 bridgehead atoms. The first-order chi connectivity index (χ1) is 12.4. The van der Waals surface area contributed by atoms with Crippen LogP contribution in [-0.2, 0) is 4.74 Å². The van der Waals surface area contributed by atoms with Gasteiger partial charge in [0.1, 0.15) is 5.60 Å². The molecule has 1 aromatic carbocycles. The number of nitrogens with zero attached hydrogens (tertiary/aromatic N) is 3. The zero-order valence-electron chi connectivity index (χ0n) is 16.5. The van der Waals surface area contributed by atoms with Crippen LogP contribution in [0.15, 0.2) is 30.3 Å². The zero-order chi connectivity index (χ0) is 18.6. The molecule has 2 aliphatic rings. The Labute approximate surface area is 157 Å². The van der Waals surface area contributed by atoms with Crippen LogP contribution in [-0.4, -0.2) is 67.3 Å². The summed E-state index contributed by atoms with van der Waals surface area (Å²) in [6.45, 7) is 12.7. The first-order valence-electron chi connectivity index (χ1n) is 9.91. The summed E-state index contributed by atoms with van der Waals surface area (Å²) in [5.74, 6) is 0.767. The van der Waals surface area contributed by atoms with E-state index in [0.29, 0.717) is 0 Å². The first kappa shape index (κ1) is 19.0. The molecule has 0 saturated carbocycles. The number of hydrogen-bond acceptors (Lipinski definition) is 4. The maximum absolute atomic E-state index is 12.2. The highest BCUT2D eigenvalue weighted by molar-refractivity contribution is 5.68. The number of para-hydroxylation sites is 1. The molecular formula is C21H33N3O2. The Hall–Kier alpha value is -1.75. The van der Waals surface area contributed by atoms with Crippen LogP contribution in [0.25, 0.3) is 0 Å². The smallest absolute Gasteiger partial charge is 0.410 e. The Bertz CT molecular complexity index is 569. The van der Waals surface area contributed by atoms with Gasteiger partial charge in [-0.3, -0.25) is 4.90 Å². The number of anilines is 1. The predicted octanol–water partition coefficient (Wildman–Crippen LogP) is 3.46. The Kier molecular flexibility index (Phi) is 6.07. The molecule has 2 saturated heterocycles. The second kappa shape index (κ2) is 8.30. The van der Waals surface area contributed by atoms with Crippen molar-refractivity contribution < 1.29 is 9.53 Å². The maximum Gasteiger partial charge on any atom is 0.410 e. The summed E-state index contributed by atoms with van der Waals surface area (Å²) in [6, 6.07) is 10.7. The summed E-state index contributed by atoms with van der Waals surface area (Å²) in [4.78, 5) is 19.0. The van der Waals surface area contributed by atoms with Gasteiger partial charge in [0.2, 0.25) is 0 Å². The van der Waals surface area contributed by atoms with Gasteiger partial charge in [-0.15, -0.1) is 0 Å². The lowest BCUT2D eigenvalue weighted by molar-refractivity contribution is 0.0130. The van der Waals surface area contributed by atoms with Gasteiger partial charge in [-0.25, -0.2) is 4.79 Å². The summed E-state index contributed by atoms with van der Waals surface area (Å²) in [6.07, 6.45) is 2.33. The predicted molar refractivity (Wildman–Crippen MR) is 106 cm³/mol. The van der Waals surface area contributed by atoms with E-state index in [-0.39, 0.29) is 6.09 Å². The number of carbonyl (C=O) groups is 1. The molecule has 0 spiro atoms. The molecule has 144 valence electrons. The van der Waals surface area contributed by atoms with E-state index in [4.69, 9.17) is 4.74 Å². The third-order valence-corrected chi connectivity index (χ3v) is 5.28. The van der Waals surface area contributed by atoms with Crippen LogP contribution in [0.2, 0.25) is 0 Å². The van der Waals surface area contributed by atoms with E-state index >= 15 is 0 Å². The number of ether oxygens (including phenoxy) is 1. The number of amides is 1. The van der Waals surface area contributed by atoms with Gasteiger partial charge >= 0.3 is 6.09 Å². The Balaban J connectivity index is 1.38. The van der Waals surface area contributed by atoms with Gasteiger partial charge in [0, 0.05) is 51.5 Å². The zero-order valence-corrected chi connectivity index (χ0v) is 16.5. The van der Waals surface area contributed by atoms with Crippen molar-refractivity contribution in [2.45, 2.75) is 39.2 Å². The molecule has 5 nitrogen and oxygen atoms in total. The average molecular weight is 360 g/mol. The first-order valence-corrected chi connectivity index (χ1v) is 9.91. The number of benzene rings is 1. The van der Waals surface area contributed by atoms with Crippen LogP contribution >= 0.6 is 0 Å². The molecule has 0 aliphatic carbocycles. The SMILES string of the molecule is CC(C)(C)OC(=O)N1CCN(CC2CCN(c3ccccc3)CC2)CC1. The molecule has 3 rings (SSSR count). The van der Waals surface area contributed by atoms with Crippen molar-refractivity contribution in [1.29, 1.82) is 0 Å². The maximum atomic E-state index is 12.2. The quantitative estimate of drug-likeness (QED) is 0.828. The van der Waals surface area contributed by atoms with Gasteiger partial charge in [0.15, 0.2) is 0 Å². The Morgan fingerprint density at radius 1 is 1.00 bits per heavy atom. The molecule has 1 amide bonds. The fraction of sp³-hybridized carbons (Fsp3) is 0.667. The number of piperidine rings is 1. The summed E-state index contributed by atoms with van der Waals surface area (Å²) in [5, 5.41) is 0. The number of hydrogen-bond donors (Lipinski definition) is 0. The Morgan fingerprint density at radius 2 is 1.62 bits per heavy atom. The topological polar surface area (TPSA) is 36.0 Å². The normalized spacial score (nSPS) is 20.3. The van der Waals surface area contributed by atoms with Gasteiger partial charge < -0.3 is 14.5 Å². The van der Waals surface area contributed by atoms with E-state index in [0.717, 1.165) is 51.7 Å². The fourth-order valence-electron chi connectivity index (χ4n) is 3.82. The van der Waals surface area contributed by atoms with Crippen LogP contribution in [0.3, 0.4) is 0 Å². The van der Waals surface area contributed by atoms with Crippen LogP contribution < -0.4 is 4.90 Å². The van der Waals surface area contributed by atoms with Gasteiger partial charge in [-0.2, -0.15) is 0 Å². The minimum absolute atomic E-state index is 0.173. The number of carbonyl (C=O) groups excluding carboxylic acids is 1. The highest BCUT2D eigenvalue weighted by atomic mass is 16.6. The lowest BCUT2D eigenvalue weighted by Crippen LogP contribution is -2.51. The van der Waals surface area contributed by atoms with Gasteiger partial charge in [0.25, 0.3) is 0 Å². The molecule has 0 aromatic heterocycles. The average Bonchev–Trinajstić information content (AvgIpc) is 2.62. The van der Waals surface area contributed by atoms with Gasteiger partial charge in [0.05, 0.1) is 0 Å². The molecule has 26 heavy (non-hydrogen) atoms. The van der Waals surface area contributed by atoms with E-state index in [2.05, 4.69) is 40.1 Å². The second-order valence-corrected chi connectivity index (χ2v) is 8.53. The molecule has 0 atom stereocenters. The Morgan fingerprint density at radius 3 is 2.19 bits per heavy atom. The minimum Gasteiger partial charge on any atom is -0.444 e. The molecule has 0 unspecified atom stereocenters. The highest BCUT2D eigenvalue weighted by Gasteiger charge is 2.28. The van der Waals surface area contributed by atoms with E-state index < -0.39 is 5.60 Å². The molecule has 5 heteroatoms. The third kappa shape index (κ3) is 5.37. The molecular weight excluding hydrogens is 326 g/mol. The second-order valence-electron chi connectivity index (χ2n) is 8.53. The van der Waals surface area contributed by atoms with Crippen LogP contribution in [0.1, 0.15) is 33.6 Å². The van der Waals surface area contributed by atoms with E-state index in [9.17, 15) is 4.79 Å². The lowest BCUT2D eigenvalue weighted by Gasteiger charge is -2.39. The van der Waals surface area contributed by atoms with Crippen molar-refractivity contribution in [2.75, 3.05) is 50.7 Å². The van der Waals surface area contributed by atoms with Crippen LogP contribution in [0, 0.1) is 5.92 Å². The molecule has 0 N–H and O–H groups in total. The molecule has 2 fully saturated rings. The van der Waals surface area contributed by atoms with Crippen molar-refractivity contribution >= 4 is 11.8 Å². The highest BCUT2D eigenvalue weighted by Crippen LogP contribution is 2.24. The van der Waals surface area contributed by atoms with E-state index in [1.807, 2.05) is 25.7 Å². The van der Waals surface area contributed by atoms with Crippen LogP contribution in [0.4, 0.5) is 10.5 Å². The van der Waals surface area contributed by atoms with Crippen molar-refractivity contribution in [3.8, 4) is 0 Å². The van der Waals surface area contributed by atoms with Crippen molar-refractivity contribution in [3.05, 3.63) is 30.3 Å². The lowest BCUT2D eigenvalue weighted by atomic mass is 9.95. The third-order valence-electron chi connectivity index (χ3n) is 5.28. The fourth-order valence-corrected chi connectivity index (χ4v) is 3.82. The molecule has 2 aliphatic heterocycles. The standard InChI is InChI=1S/C21H33N3O2/c1-21(2,3)26-20(25)24-15-13-22(14-16-24)17-18-9-11-23(12-10-18)19-7-5-4-6-8-19/h4-8,18H,9-17H2,1-3H3. The minimum atomic E-state index is -0.416. The van der Waals surface area contributed by atoms with Gasteiger partial charge in [-0.1, -0.05) is 18.2 Å². The van der Waals surface area contributed by atoms with Crippen molar-refractivity contribution in [3.63, 3.8) is 0 Å². The largest absolute Gasteiger partial charge is 0.444 e.